The summed E-state index contributed by atoms with van der Waals surface area (Å²) in [6, 6.07) is 7.29. The molecule has 0 bridgehead atoms. The van der Waals surface area contributed by atoms with Crippen LogP contribution in [0, 0.1) is 0 Å². The smallest absolute Gasteiger partial charge is 0.304 e. The normalized spacial score (nSPS) is 10.1. The van der Waals surface area contributed by atoms with Crippen LogP contribution in [0.25, 0.3) is 0 Å². The van der Waals surface area contributed by atoms with Crippen molar-refractivity contribution in [3.05, 3.63) is 29.8 Å². The van der Waals surface area contributed by atoms with E-state index in [1.807, 2.05) is 19.1 Å². The fourth-order valence-electron chi connectivity index (χ4n) is 1.20. The number of aliphatic carboxylic acids is 1. The summed E-state index contributed by atoms with van der Waals surface area (Å²) in [6.45, 7) is 1.83. The van der Waals surface area contributed by atoms with Crippen LogP contribution in [0.1, 0.15) is 30.1 Å². The van der Waals surface area contributed by atoms with Gasteiger partial charge in [-0.15, -0.1) is 11.8 Å². The summed E-state index contributed by atoms with van der Waals surface area (Å²) in [5, 5.41) is 8.48. The molecule has 1 N–H and O–H groups in total. The zero-order valence-electron chi connectivity index (χ0n) is 9.10. The number of hydrogen-bond acceptors (Lipinski definition) is 3. The molecule has 0 radical (unpaired) electrons. The summed E-state index contributed by atoms with van der Waals surface area (Å²) < 4.78 is 0. The number of carbonyl (C=O) groups is 2. The molecule has 0 aromatic heterocycles. The summed E-state index contributed by atoms with van der Waals surface area (Å²) in [4.78, 5) is 22.7. The molecular weight excluding hydrogens is 224 g/mol. The summed E-state index contributed by atoms with van der Waals surface area (Å²) in [5.41, 5.74) is 0.713. The molecule has 0 saturated heterocycles. The van der Waals surface area contributed by atoms with Crippen LogP contribution in [-0.2, 0) is 4.79 Å². The predicted molar refractivity (Wildman–Crippen MR) is 64.0 cm³/mol. The lowest BCUT2D eigenvalue weighted by Crippen LogP contribution is -1.97. The van der Waals surface area contributed by atoms with E-state index >= 15 is 0 Å². The van der Waals surface area contributed by atoms with Gasteiger partial charge in [0.1, 0.15) is 0 Å². The van der Waals surface area contributed by atoms with Crippen molar-refractivity contribution in [1.29, 1.82) is 0 Å². The van der Waals surface area contributed by atoms with Crippen molar-refractivity contribution < 1.29 is 14.7 Å². The number of rotatable bonds is 6. The summed E-state index contributed by atoms with van der Waals surface area (Å²) in [7, 11) is 0. The van der Waals surface area contributed by atoms with Crippen LogP contribution >= 0.6 is 11.8 Å². The van der Waals surface area contributed by atoms with E-state index < -0.39 is 5.97 Å². The quantitative estimate of drug-likeness (QED) is 0.611. The number of carbonyl (C=O) groups excluding carboxylic acids is 1. The number of Topliss-reactive ketones (excluding diaryl/α,β-unsaturated/α-hetero) is 1. The third kappa shape index (κ3) is 4.06. The average molecular weight is 238 g/mol. The lowest BCUT2D eigenvalue weighted by atomic mass is 10.1. The van der Waals surface area contributed by atoms with E-state index in [-0.39, 0.29) is 12.2 Å². The highest BCUT2D eigenvalue weighted by molar-refractivity contribution is 7.99. The van der Waals surface area contributed by atoms with E-state index in [9.17, 15) is 9.59 Å². The van der Waals surface area contributed by atoms with E-state index in [0.717, 1.165) is 4.90 Å². The second kappa shape index (κ2) is 6.33. The molecule has 0 amide bonds. The Morgan fingerprint density at radius 3 is 2.38 bits per heavy atom. The standard InChI is InChI=1S/C12H14O3S/c1-2-11(13)9-3-5-10(6-4-9)16-8-7-12(14)15/h3-6H,2,7-8H2,1H3,(H,14,15). The predicted octanol–water partition coefficient (Wildman–Crippen LogP) is 2.85. The van der Waals surface area contributed by atoms with Crippen LogP contribution in [0.2, 0.25) is 0 Å². The van der Waals surface area contributed by atoms with Gasteiger partial charge < -0.3 is 5.11 Å². The second-order valence-corrected chi connectivity index (χ2v) is 4.46. The van der Waals surface area contributed by atoms with Crippen LogP contribution in [0.3, 0.4) is 0 Å². The minimum Gasteiger partial charge on any atom is -0.481 e. The number of carboxylic acids is 1. The van der Waals surface area contributed by atoms with Gasteiger partial charge in [-0.25, -0.2) is 0 Å². The molecule has 0 aliphatic heterocycles. The Hall–Kier alpha value is -1.29. The lowest BCUT2D eigenvalue weighted by Gasteiger charge is -2.01. The highest BCUT2D eigenvalue weighted by Crippen LogP contribution is 2.19. The van der Waals surface area contributed by atoms with E-state index in [0.29, 0.717) is 17.7 Å². The Kier molecular flexibility index (Phi) is 5.05. The van der Waals surface area contributed by atoms with E-state index in [2.05, 4.69) is 0 Å². The maximum absolute atomic E-state index is 11.3. The highest BCUT2D eigenvalue weighted by Gasteiger charge is 2.03. The third-order valence-electron chi connectivity index (χ3n) is 2.08. The molecule has 0 heterocycles. The Bertz CT molecular complexity index is 370. The Balaban J connectivity index is 2.51. The van der Waals surface area contributed by atoms with Gasteiger partial charge in [0.25, 0.3) is 0 Å². The highest BCUT2D eigenvalue weighted by atomic mass is 32.2. The average Bonchev–Trinajstić information content (AvgIpc) is 2.28. The third-order valence-corrected chi connectivity index (χ3v) is 3.10. The summed E-state index contributed by atoms with van der Waals surface area (Å²) in [6.07, 6.45) is 0.659. The van der Waals surface area contributed by atoms with E-state index in [1.165, 1.54) is 11.8 Å². The maximum Gasteiger partial charge on any atom is 0.304 e. The van der Waals surface area contributed by atoms with Gasteiger partial charge >= 0.3 is 5.97 Å². The molecule has 4 heteroatoms. The fraction of sp³-hybridized carbons (Fsp3) is 0.333. The van der Waals surface area contributed by atoms with Crippen LogP contribution < -0.4 is 0 Å². The summed E-state index contributed by atoms with van der Waals surface area (Å²) >= 11 is 1.48. The number of hydrogen-bond donors (Lipinski definition) is 1. The molecule has 1 aromatic carbocycles. The maximum atomic E-state index is 11.3. The molecule has 1 rings (SSSR count). The Morgan fingerprint density at radius 1 is 1.25 bits per heavy atom. The van der Waals surface area contributed by atoms with E-state index in [4.69, 9.17) is 5.11 Å². The number of ketones is 1. The topological polar surface area (TPSA) is 54.4 Å². The minimum atomic E-state index is -0.787. The van der Waals surface area contributed by atoms with Crippen molar-refractivity contribution in [2.24, 2.45) is 0 Å². The Labute approximate surface area is 98.9 Å². The molecule has 0 spiro atoms. The molecule has 0 aliphatic carbocycles. The second-order valence-electron chi connectivity index (χ2n) is 3.29. The van der Waals surface area contributed by atoms with Crippen molar-refractivity contribution in [2.45, 2.75) is 24.7 Å². The van der Waals surface area contributed by atoms with Crippen LogP contribution in [0.5, 0.6) is 0 Å². The molecule has 0 unspecified atom stereocenters. The number of carboxylic acid groups (broad SMARTS) is 1. The first-order valence-corrected chi connectivity index (χ1v) is 6.10. The molecule has 0 atom stereocenters. The molecule has 0 fully saturated rings. The van der Waals surface area contributed by atoms with Gasteiger partial charge in [0.15, 0.2) is 5.78 Å². The van der Waals surface area contributed by atoms with Gasteiger partial charge in [-0.2, -0.15) is 0 Å². The monoisotopic (exact) mass is 238 g/mol. The fourth-order valence-corrected chi connectivity index (χ4v) is 2.04. The van der Waals surface area contributed by atoms with Gasteiger partial charge in [0, 0.05) is 22.6 Å². The minimum absolute atomic E-state index is 0.127. The molecule has 0 aliphatic rings. The zero-order valence-corrected chi connectivity index (χ0v) is 9.92. The van der Waals surface area contributed by atoms with Gasteiger partial charge in [0.05, 0.1) is 6.42 Å². The van der Waals surface area contributed by atoms with Crippen LogP contribution in [-0.4, -0.2) is 22.6 Å². The van der Waals surface area contributed by atoms with Gasteiger partial charge in [0.2, 0.25) is 0 Å². The number of thioether (sulfide) groups is 1. The molecular formula is C12H14O3S. The van der Waals surface area contributed by atoms with Crippen LogP contribution in [0.15, 0.2) is 29.2 Å². The first-order chi connectivity index (χ1) is 7.63. The van der Waals surface area contributed by atoms with Crippen molar-refractivity contribution in [3.8, 4) is 0 Å². The lowest BCUT2D eigenvalue weighted by molar-refractivity contribution is -0.136. The van der Waals surface area contributed by atoms with Gasteiger partial charge in [-0.05, 0) is 12.1 Å². The zero-order chi connectivity index (χ0) is 12.0. The van der Waals surface area contributed by atoms with Gasteiger partial charge in [-0.3, -0.25) is 9.59 Å². The van der Waals surface area contributed by atoms with Crippen molar-refractivity contribution >= 4 is 23.5 Å². The van der Waals surface area contributed by atoms with E-state index in [1.54, 1.807) is 12.1 Å². The first-order valence-electron chi connectivity index (χ1n) is 5.11. The van der Waals surface area contributed by atoms with Crippen LogP contribution in [0.4, 0.5) is 0 Å². The molecule has 86 valence electrons. The summed E-state index contributed by atoms with van der Waals surface area (Å²) in [5.74, 6) is -0.108. The first kappa shape index (κ1) is 12.8. The number of benzene rings is 1. The Morgan fingerprint density at radius 2 is 1.88 bits per heavy atom. The molecule has 3 nitrogen and oxygen atoms in total. The van der Waals surface area contributed by atoms with Gasteiger partial charge in [-0.1, -0.05) is 19.1 Å². The van der Waals surface area contributed by atoms with Crippen molar-refractivity contribution in [3.63, 3.8) is 0 Å². The van der Waals surface area contributed by atoms with Crippen molar-refractivity contribution in [1.82, 2.24) is 0 Å². The SMILES string of the molecule is CCC(=O)c1ccc(SCCC(=O)O)cc1. The molecule has 0 saturated carbocycles. The molecule has 16 heavy (non-hydrogen) atoms. The molecule has 1 aromatic rings. The van der Waals surface area contributed by atoms with Crippen molar-refractivity contribution in [2.75, 3.05) is 5.75 Å². The largest absolute Gasteiger partial charge is 0.481 e.